The Bertz CT molecular complexity index is 736. The van der Waals surface area contributed by atoms with Crippen LogP contribution in [0.25, 0.3) is 21.7 Å². The average molecular weight is 280 g/mol. The SMILES string of the molecule is NC(=O)c1cccc(-c2ccccc2)c1-c1nccs1. The summed E-state index contributed by atoms with van der Waals surface area (Å²) >= 11 is 1.50. The highest BCUT2D eigenvalue weighted by molar-refractivity contribution is 7.13. The molecule has 0 aliphatic carbocycles. The van der Waals surface area contributed by atoms with Crippen molar-refractivity contribution in [2.75, 3.05) is 0 Å². The minimum atomic E-state index is -0.437. The average Bonchev–Trinajstić information content (AvgIpc) is 3.01. The van der Waals surface area contributed by atoms with Crippen molar-refractivity contribution < 1.29 is 4.79 Å². The van der Waals surface area contributed by atoms with Crippen LogP contribution in [-0.4, -0.2) is 10.9 Å². The molecule has 0 radical (unpaired) electrons. The fourth-order valence-electron chi connectivity index (χ4n) is 2.19. The topological polar surface area (TPSA) is 56.0 Å². The van der Waals surface area contributed by atoms with Crippen molar-refractivity contribution in [2.45, 2.75) is 0 Å². The van der Waals surface area contributed by atoms with Crippen LogP contribution in [-0.2, 0) is 0 Å². The van der Waals surface area contributed by atoms with Crippen LogP contribution >= 0.6 is 11.3 Å². The van der Waals surface area contributed by atoms with Crippen molar-refractivity contribution in [2.24, 2.45) is 5.73 Å². The van der Waals surface area contributed by atoms with Gasteiger partial charge < -0.3 is 5.73 Å². The van der Waals surface area contributed by atoms with Crippen molar-refractivity contribution in [3.05, 3.63) is 65.7 Å². The third-order valence-electron chi connectivity index (χ3n) is 3.06. The second-order valence-corrected chi connectivity index (χ2v) is 5.19. The van der Waals surface area contributed by atoms with E-state index in [4.69, 9.17) is 5.73 Å². The standard InChI is InChI=1S/C16H12N2OS/c17-15(19)13-8-4-7-12(11-5-2-1-3-6-11)14(13)16-18-9-10-20-16/h1-10H,(H2,17,19). The first-order chi connectivity index (χ1) is 9.77. The summed E-state index contributed by atoms with van der Waals surface area (Å²) in [5.74, 6) is -0.437. The molecule has 2 aromatic carbocycles. The van der Waals surface area contributed by atoms with E-state index in [9.17, 15) is 4.79 Å². The van der Waals surface area contributed by atoms with Crippen LogP contribution in [0.1, 0.15) is 10.4 Å². The summed E-state index contributed by atoms with van der Waals surface area (Å²) in [7, 11) is 0. The predicted octanol–water partition coefficient (Wildman–Crippen LogP) is 3.58. The maximum absolute atomic E-state index is 11.7. The van der Waals surface area contributed by atoms with E-state index in [1.807, 2.05) is 47.8 Å². The van der Waals surface area contributed by atoms with Crippen molar-refractivity contribution in [3.8, 4) is 21.7 Å². The van der Waals surface area contributed by atoms with Gasteiger partial charge in [-0.3, -0.25) is 4.79 Å². The molecule has 3 nitrogen and oxygen atoms in total. The predicted molar refractivity (Wildman–Crippen MR) is 81.5 cm³/mol. The molecule has 0 bridgehead atoms. The van der Waals surface area contributed by atoms with Gasteiger partial charge >= 0.3 is 0 Å². The summed E-state index contributed by atoms with van der Waals surface area (Å²) in [6, 6.07) is 15.5. The molecule has 4 heteroatoms. The lowest BCUT2D eigenvalue weighted by atomic mass is 9.95. The quantitative estimate of drug-likeness (QED) is 0.797. The van der Waals surface area contributed by atoms with Crippen molar-refractivity contribution >= 4 is 17.2 Å². The van der Waals surface area contributed by atoms with E-state index in [1.54, 1.807) is 12.3 Å². The van der Waals surface area contributed by atoms with Gasteiger partial charge in [0.2, 0.25) is 5.91 Å². The second-order valence-electron chi connectivity index (χ2n) is 4.30. The Morgan fingerprint density at radius 2 is 1.85 bits per heavy atom. The number of hydrogen-bond donors (Lipinski definition) is 1. The minimum Gasteiger partial charge on any atom is -0.366 e. The maximum Gasteiger partial charge on any atom is 0.249 e. The molecule has 0 atom stereocenters. The van der Waals surface area contributed by atoms with Gasteiger partial charge in [-0.1, -0.05) is 42.5 Å². The molecule has 0 fully saturated rings. The summed E-state index contributed by atoms with van der Waals surface area (Å²) in [4.78, 5) is 16.0. The van der Waals surface area contributed by atoms with E-state index in [0.717, 1.165) is 21.7 Å². The zero-order chi connectivity index (χ0) is 13.9. The van der Waals surface area contributed by atoms with Crippen LogP contribution < -0.4 is 5.73 Å². The lowest BCUT2D eigenvalue weighted by molar-refractivity contribution is 0.100. The molecular formula is C16H12N2OS. The zero-order valence-electron chi connectivity index (χ0n) is 10.6. The van der Waals surface area contributed by atoms with Crippen LogP contribution in [0.3, 0.4) is 0 Å². The van der Waals surface area contributed by atoms with Gasteiger partial charge in [0.1, 0.15) is 5.01 Å². The smallest absolute Gasteiger partial charge is 0.249 e. The molecule has 0 saturated carbocycles. The van der Waals surface area contributed by atoms with Gasteiger partial charge in [0, 0.05) is 22.7 Å². The van der Waals surface area contributed by atoms with Crippen LogP contribution in [0.5, 0.6) is 0 Å². The molecule has 0 saturated heterocycles. The largest absolute Gasteiger partial charge is 0.366 e. The van der Waals surface area contributed by atoms with Crippen LogP contribution in [0.4, 0.5) is 0 Å². The molecule has 98 valence electrons. The Hall–Kier alpha value is -2.46. The summed E-state index contributed by atoms with van der Waals surface area (Å²) in [5.41, 5.74) is 8.83. The molecule has 1 amide bonds. The van der Waals surface area contributed by atoms with Gasteiger partial charge in [0.15, 0.2) is 0 Å². The lowest BCUT2D eigenvalue weighted by Gasteiger charge is -2.11. The Labute approximate surface area is 120 Å². The normalized spacial score (nSPS) is 10.4. The Balaban J connectivity index is 2.30. The van der Waals surface area contributed by atoms with Gasteiger partial charge in [-0.2, -0.15) is 0 Å². The molecule has 2 N–H and O–H groups in total. The lowest BCUT2D eigenvalue weighted by Crippen LogP contribution is -2.12. The number of carbonyl (C=O) groups is 1. The Morgan fingerprint density at radius 3 is 2.50 bits per heavy atom. The monoisotopic (exact) mass is 280 g/mol. The number of nitrogens with zero attached hydrogens (tertiary/aromatic N) is 1. The van der Waals surface area contributed by atoms with Gasteiger partial charge in [0.25, 0.3) is 0 Å². The molecule has 3 aromatic rings. The highest BCUT2D eigenvalue weighted by Crippen LogP contribution is 2.35. The van der Waals surface area contributed by atoms with Gasteiger partial charge in [-0.05, 0) is 17.2 Å². The molecule has 0 aliphatic heterocycles. The van der Waals surface area contributed by atoms with Crippen molar-refractivity contribution in [1.82, 2.24) is 4.98 Å². The number of amides is 1. The number of aromatic nitrogens is 1. The van der Waals surface area contributed by atoms with E-state index < -0.39 is 5.91 Å². The summed E-state index contributed by atoms with van der Waals surface area (Å²) in [6.07, 6.45) is 1.73. The molecule has 3 rings (SSSR count). The number of thiazole rings is 1. The molecule has 0 aliphatic rings. The van der Waals surface area contributed by atoms with E-state index in [0.29, 0.717) is 5.56 Å². The maximum atomic E-state index is 11.7. The Morgan fingerprint density at radius 1 is 1.05 bits per heavy atom. The fraction of sp³-hybridized carbons (Fsp3) is 0. The minimum absolute atomic E-state index is 0.437. The van der Waals surface area contributed by atoms with E-state index >= 15 is 0 Å². The number of rotatable bonds is 3. The third-order valence-corrected chi connectivity index (χ3v) is 3.85. The highest BCUT2D eigenvalue weighted by Gasteiger charge is 2.17. The van der Waals surface area contributed by atoms with E-state index in [1.165, 1.54) is 11.3 Å². The second kappa shape index (κ2) is 5.27. The number of hydrogen-bond acceptors (Lipinski definition) is 3. The van der Waals surface area contributed by atoms with Crippen LogP contribution in [0.2, 0.25) is 0 Å². The van der Waals surface area contributed by atoms with Gasteiger partial charge in [-0.25, -0.2) is 4.98 Å². The first-order valence-electron chi connectivity index (χ1n) is 6.15. The number of carbonyl (C=O) groups excluding carboxylic acids is 1. The molecule has 1 aromatic heterocycles. The van der Waals surface area contributed by atoms with Crippen molar-refractivity contribution in [1.29, 1.82) is 0 Å². The summed E-state index contributed by atoms with van der Waals surface area (Å²) in [6.45, 7) is 0. The first kappa shape index (κ1) is 12.6. The number of benzene rings is 2. The first-order valence-corrected chi connectivity index (χ1v) is 7.03. The van der Waals surface area contributed by atoms with E-state index in [-0.39, 0.29) is 0 Å². The number of primary amides is 1. The fourth-order valence-corrected chi connectivity index (χ4v) is 2.90. The Kier molecular flexibility index (Phi) is 3.31. The molecule has 1 heterocycles. The van der Waals surface area contributed by atoms with Gasteiger partial charge in [-0.15, -0.1) is 11.3 Å². The summed E-state index contributed by atoms with van der Waals surface area (Å²) in [5, 5.41) is 2.69. The van der Waals surface area contributed by atoms with Crippen LogP contribution in [0, 0.1) is 0 Å². The molecule has 20 heavy (non-hydrogen) atoms. The zero-order valence-corrected chi connectivity index (χ0v) is 11.4. The molecule has 0 unspecified atom stereocenters. The van der Waals surface area contributed by atoms with Crippen molar-refractivity contribution in [3.63, 3.8) is 0 Å². The van der Waals surface area contributed by atoms with Gasteiger partial charge in [0.05, 0.1) is 0 Å². The highest BCUT2D eigenvalue weighted by atomic mass is 32.1. The number of nitrogens with two attached hydrogens (primary N) is 1. The molecular weight excluding hydrogens is 268 g/mol. The molecule has 0 spiro atoms. The van der Waals surface area contributed by atoms with Crippen LogP contribution in [0.15, 0.2) is 60.1 Å². The summed E-state index contributed by atoms with van der Waals surface area (Å²) < 4.78 is 0. The third kappa shape index (κ3) is 2.21. The van der Waals surface area contributed by atoms with E-state index in [2.05, 4.69) is 4.98 Å².